The van der Waals surface area contributed by atoms with Crippen molar-refractivity contribution in [3.63, 3.8) is 0 Å². The lowest BCUT2D eigenvalue weighted by Gasteiger charge is -2.21. The zero-order chi connectivity index (χ0) is 30.5. The molecule has 0 unspecified atom stereocenters. The molecule has 1 amide bonds. The summed E-state index contributed by atoms with van der Waals surface area (Å²) in [4.78, 5) is 12.5. The van der Waals surface area contributed by atoms with Crippen LogP contribution in [-0.4, -0.2) is 88.6 Å². The zero-order valence-electron chi connectivity index (χ0n) is 23.5. The summed E-state index contributed by atoms with van der Waals surface area (Å²) < 4.78 is 64.2. The van der Waals surface area contributed by atoms with Crippen molar-refractivity contribution in [2.75, 3.05) is 46.9 Å². The maximum atomic E-state index is 12.8. The second kappa shape index (κ2) is 16.0. The number of sulfonamides is 2. The first-order valence-electron chi connectivity index (χ1n) is 12.6. The molecule has 2 rings (SSSR count). The highest BCUT2D eigenvalue weighted by Crippen LogP contribution is 2.20. The van der Waals surface area contributed by atoms with Crippen LogP contribution in [0.2, 0.25) is 0 Å². The van der Waals surface area contributed by atoms with E-state index in [1.54, 1.807) is 13.8 Å². The number of ether oxygens (including phenoxy) is 2. The molecule has 2 aromatic rings. The lowest BCUT2D eigenvalue weighted by molar-refractivity contribution is -0.165. The second-order valence-electron chi connectivity index (χ2n) is 8.65. The van der Waals surface area contributed by atoms with Crippen LogP contribution in [0.25, 0.3) is 0 Å². The number of amides is 1. The minimum atomic E-state index is -3.87. The lowest BCUT2D eigenvalue weighted by atomic mass is 10.3. The van der Waals surface area contributed by atoms with Gasteiger partial charge in [0.15, 0.2) is 0 Å². The molecule has 0 bridgehead atoms. The Balaban J connectivity index is 1.82. The second-order valence-corrected chi connectivity index (χ2v) is 12.7. The van der Waals surface area contributed by atoms with Gasteiger partial charge in [0.1, 0.15) is 24.7 Å². The van der Waals surface area contributed by atoms with E-state index in [-0.39, 0.29) is 55.5 Å². The molecule has 2 aromatic carbocycles. The van der Waals surface area contributed by atoms with Crippen LogP contribution in [0, 0.1) is 23.7 Å². The van der Waals surface area contributed by atoms with Gasteiger partial charge in [-0.3, -0.25) is 10.0 Å². The predicted molar refractivity (Wildman–Crippen MR) is 153 cm³/mol. The first kappa shape index (κ1) is 33.6. The molecule has 41 heavy (non-hydrogen) atoms. The van der Waals surface area contributed by atoms with E-state index >= 15 is 0 Å². The van der Waals surface area contributed by atoms with E-state index in [9.17, 15) is 26.8 Å². The maximum Gasteiger partial charge on any atom is 0.247 e. The molecule has 0 aliphatic rings. The Labute approximate surface area is 242 Å². The molecule has 0 atom stereocenters. The fourth-order valence-electron chi connectivity index (χ4n) is 3.35. The average molecular weight is 606 g/mol. The highest BCUT2D eigenvalue weighted by molar-refractivity contribution is 7.89. The first-order valence-corrected chi connectivity index (χ1v) is 15.5. The Bertz CT molecular complexity index is 1490. The van der Waals surface area contributed by atoms with E-state index in [1.165, 1.54) is 62.6 Å². The normalized spacial score (nSPS) is 11.3. The van der Waals surface area contributed by atoms with Crippen molar-refractivity contribution < 1.29 is 36.3 Å². The van der Waals surface area contributed by atoms with Crippen molar-refractivity contribution in [1.29, 1.82) is 0 Å². The summed E-state index contributed by atoms with van der Waals surface area (Å²) in [6.45, 7) is 3.50. The van der Waals surface area contributed by atoms with Crippen LogP contribution in [0.1, 0.15) is 26.7 Å². The van der Waals surface area contributed by atoms with Gasteiger partial charge in [-0.25, -0.2) is 30.5 Å². The molecule has 0 fully saturated rings. The molecule has 0 saturated heterocycles. The standard InChI is InChI=1S/C28H35N3O8S2/c1-5-7-22-38-24-10-14-26(15-11-24)40(34,35)29(3)19-9-20-31(33)28(32)18-21-30(4)41(36,37)27-16-12-25(13-17-27)39-23-8-6-2/h10-17,33H,9,18-23H2,1-4H3. The molecule has 1 N–H and O–H groups in total. The Kier molecular flexibility index (Phi) is 13.1. The highest BCUT2D eigenvalue weighted by atomic mass is 32.2. The Hall–Kier alpha value is -3.59. The molecule has 0 saturated carbocycles. The van der Waals surface area contributed by atoms with Gasteiger partial charge in [-0.05, 0) is 68.8 Å². The SMILES string of the molecule is CC#CCOc1ccc(S(=O)(=O)N(C)CCCN(O)C(=O)CCN(C)S(=O)(=O)c2ccc(OCC#CC)cc2)cc1. The van der Waals surface area contributed by atoms with Crippen LogP contribution in [0.5, 0.6) is 11.5 Å². The topological polar surface area (TPSA) is 134 Å². The molecule has 0 aliphatic carbocycles. The summed E-state index contributed by atoms with van der Waals surface area (Å²) in [5.74, 6) is 11.2. The van der Waals surface area contributed by atoms with Gasteiger partial charge in [-0.1, -0.05) is 11.8 Å². The third-order valence-corrected chi connectivity index (χ3v) is 9.55. The van der Waals surface area contributed by atoms with E-state index in [0.717, 1.165) is 8.61 Å². The molecule has 222 valence electrons. The molecule has 0 spiro atoms. The van der Waals surface area contributed by atoms with Crippen molar-refractivity contribution in [1.82, 2.24) is 13.7 Å². The summed E-state index contributed by atoms with van der Waals surface area (Å²) in [5.41, 5.74) is 0. The number of nitrogens with zero attached hydrogens (tertiary/aromatic N) is 3. The van der Waals surface area contributed by atoms with Crippen molar-refractivity contribution in [3.05, 3.63) is 48.5 Å². The van der Waals surface area contributed by atoms with E-state index < -0.39 is 26.0 Å². The summed E-state index contributed by atoms with van der Waals surface area (Å²) >= 11 is 0. The van der Waals surface area contributed by atoms with E-state index in [4.69, 9.17) is 9.47 Å². The lowest BCUT2D eigenvalue weighted by Crippen LogP contribution is -2.35. The van der Waals surface area contributed by atoms with Crippen LogP contribution >= 0.6 is 0 Å². The van der Waals surface area contributed by atoms with E-state index in [0.29, 0.717) is 16.6 Å². The number of carbonyl (C=O) groups excluding carboxylic acids is 1. The fourth-order valence-corrected chi connectivity index (χ4v) is 5.73. The van der Waals surface area contributed by atoms with Gasteiger partial charge in [0.25, 0.3) is 0 Å². The van der Waals surface area contributed by atoms with Crippen molar-refractivity contribution in [3.8, 4) is 35.2 Å². The number of hydroxylamine groups is 2. The average Bonchev–Trinajstić information content (AvgIpc) is 2.96. The van der Waals surface area contributed by atoms with Gasteiger partial charge < -0.3 is 9.47 Å². The summed E-state index contributed by atoms with van der Waals surface area (Å²) in [6.07, 6.45) is -0.114. The van der Waals surface area contributed by atoms with Crippen LogP contribution in [0.4, 0.5) is 0 Å². The van der Waals surface area contributed by atoms with Gasteiger partial charge in [0.2, 0.25) is 26.0 Å². The summed E-state index contributed by atoms with van der Waals surface area (Å²) in [7, 11) is -4.93. The predicted octanol–water partition coefficient (Wildman–Crippen LogP) is 2.43. The number of hydrogen-bond donors (Lipinski definition) is 1. The highest BCUT2D eigenvalue weighted by Gasteiger charge is 2.24. The minimum Gasteiger partial charge on any atom is -0.481 e. The molecular formula is C28H35N3O8S2. The molecule has 0 heterocycles. The van der Waals surface area contributed by atoms with E-state index in [1.807, 2.05) is 0 Å². The molecule has 13 heteroatoms. The van der Waals surface area contributed by atoms with E-state index in [2.05, 4.69) is 23.7 Å². The smallest absolute Gasteiger partial charge is 0.247 e. The molecule has 0 aromatic heterocycles. The monoisotopic (exact) mass is 605 g/mol. The first-order chi connectivity index (χ1) is 19.4. The molecular weight excluding hydrogens is 570 g/mol. The summed E-state index contributed by atoms with van der Waals surface area (Å²) in [5, 5.41) is 10.6. The van der Waals surface area contributed by atoms with Gasteiger partial charge in [0.05, 0.1) is 9.79 Å². The van der Waals surface area contributed by atoms with Gasteiger partial charge in [0, 0.05) is 40.2 Å². The van der Waals surface area contributed by atoms with Crippen molar-refractivity contribution in [2.24, 2.45) is 0 Å². The zero-order valence-corrected chi connectivity index (χ0v) is 25.2. The third-order valence-electron chi connectivity index (χ3n) is 5.81. The number of benzene rings is 2. The fraction of sp³-hybridized carbons (Fsp3) is 0.393. The van der Waals surface area contributed by atoms with Crippen LogP contribution in [-0.2, 0) is 24.8 Å². The molecule has 0 aliphatic heterocycles. The van der Waals surface area contributed by atoms with Crippen LogP contribution in [0.15, 0.2) is 58.3 Å². The van der Waals surface area contributed by atoms with Gasteiger partial charge >= 0.3 is 0 Å². The maximum absolute atomic E-state index is 12.8. The number of carbonyl (C=O) groups is 1. The Morgan fingerprint density at radius 2 is 1.15 bits per heavy atom. The largest absolute Gasteiger partial charge is 0.481 e. The quantitative estimate of drug-likeness (QED) is 0.186. The van der Waals surface area contributed by atoms with Crippen molar-refractivity contribution >= 4 is 26.0 Å². The van der Waals surface area contributed by atoms with Gasteiger partial charge in [-0.2, -0.15) is 0 Å². The Morgan fingerprint density at radius 3 is 1.56 bits per heavy atom. The van der Waals surface area contributed by atoms with Gasteiger partial charge in [-0.15, -0.1) is 11.8 Å². The molecule has 0 radical (unpaired) electrons. The van der Waals surface area contributed by atoms with Crippen LogP contribution < -0.4 is 9.47 Å². The Morgan fingerprint density at radius 1 is 0.732 bits per heavy atom. The third kappa shape index (κ3) is 10.1. The molecule has 11 nitrogen and oxygen atoms in total. The van der Waals surface area contributed by atoms with Crippen molar-refractivity contribution in [2.45, 2.75) is 36.5 Å². The summed E-state index contributed by atoms with van der Waals surface area (Å²) in [6, 6.07) is 11.8. The minimum absolute atomic E-state index is 0.0273. The number of hydrogen-bond acceptors (Lipinski definition) is 8. The van der Waals surface area contributed by atoms with Crippen LogP contribution in [0.3, 0.4) is 0 Å². The number of rotatable bonds is 15.